The van der Waals surface area contributed by atoms with Crippen LogP contribution in [-0.2, 0) is 10.0 Å². The Labute approximate surface area is 200 Å². The zero-order valence-electron chi connectivity index (χ0n) is 19.2. The summed E-state index contributed by atoms with van der Waals surface area (Å²) in [6.07, 6.45) is 7.74. The zero-order chi connectivity index (χ0) is 23.5. The zero-order valence-corrected chi connectivity index (χ0v) is 20.1. The van der Waals surface area contributed by atoms with Crippen LogP contribution in [0.5, 0.6) is 0 Å². The molecule has 0 spiro atoms. The molecule has 0 unspecified atom stereocenters. The topological polar surface area (TPSA) is 82.6 Å². The van der Waals surface area contributed by atoms with E-state index in [0.717, 1.165) is 62.5 Å². The summed E-state index contributed by atoms with van der Waals surface area (Å²) >= 11 is 0. The summed E-state index contributed by atoms with van der Waals surface area (Å²) in [6.45, 7) is 2.72. The molecule has 7 nitrogen and oxygen atoms in total. The number of rotatable bonds is 5. The number of carbonyl (C=O) groups excluding carboxylic acids is 1. The number of hydrogen-bond donors (Lipinski definition) is 1. The summed E-state index contributed by atoms with van der Waals surface area (Å²) in [7, 11) is -3.70. The Bertz CT molecular complexity index is 1290. The monoisotopic (exact) mass is 478 g/mol. The molecule has 34 heavy (non-hydrogen) atoms. The second-order valence-electron chi connectivity index (χ2n) is 9.02. The molecule has 5 rings (SSSR count). The van der Waals surface area contributed by atoms with Gasteiger partial charge >= 0.3 is 0 Å². The molecule has 2 saturated heterocycles. The molecule has 1 amide bonds. The Morgan fingerprint density at radius 3 is 2.35 bits per heavy atom. The van der Waals surface area contributed by atoms with E-state index in [-0.39, 0.29) is 10.8 Å². The third-order valence-corrected chi connectivity index (χ3v) is 8.67. The fourth-order valence-electron chi connectivity index (χ4n) is 4.91. The number of hydrogen-bond acceptors (Lipinski definition) is 5. The first-order valence-electron chi connectivity index (χ1n) is 12.1. The van der Waals surface area contributed by atoms with Gasteiger partial charge in [0.05, 0.1) is 16.9 Å². The smallest absolute Gasteiger partial charge is 0.255 e. The predicted molar refractivity (Wildman–Crippen MR) is 135 cm³/mol. The van der Waals surface area contributed by atoms with Gasteiger partial charge < -0.3 is 10.2 Å². The van der Waals surface area contributed by atoms with E-state index in [1.165, 1.54) is 0 Å². The van der Waals surface area contributed by atoms with Gasteiger partial charge in [-0.25, -0.2) is 8.42 Å². The molecule has 2 aromatic carbocycles. The van der Waals surface area contributed by atoms with Crippen LogP contribution in [0.2, 0.25) is 0 Å². The van der Waals surface area contributed by atoms with E-state index < -0.39 is 10.0 Å². The van der Waals surface area contributed by atoms with Gasteiger partial charge in [0, 0.05) is 43.3 Å². The molecule has 0 bridgehead atoms. The van der Waals surface area contributed by atoms with Gasteiger partial charge in [-0.15, -0.1) is 0 Å². The highest BCUT2D eigenvalue weighted by Crippen LogP contribution is 2.33. The van der Waals surface area contributed by atoms with Crippen LogP contribution in [0.15, 0.2) is 59.6 Å². The number of nitrogens with one attached hydrogen (secondary N) is 1. The molecule has 3 heterocycles. The number of amides is 1. The van der Waals surface area contributed by atoms with E-state index >= 15 is 0 Å². The van der Waals surface area contributed by atoms with Crippen molar-refractivity contribution < 1.29 is 13.2 Å². The van der Waals surface area contributed by atoms with E-state index in [4.69, 9.17) is 0 Å². The third kappa shape index (κ3) is 4.52. The van der Waals surface area contributed by atoms with E-state index in [0.29, 0.717) is 30.0 Å². The summed E-state index contributed by atoms with van der Waals surface area (Å²) in [5.41, 5.74) is 2.47. The molecule has 3 aromatic rings. The van der Waals surface area contributed by atoms with Crippen LogP contribution in [0.1, 0.15) is 48.9 Å². The number of piperidine rings is 2. The third-order valence-electron chi connectivity index (χ3n) is 6.75. The van der Waals surface area contributed by atoms with Gasteiger partial charge in [0.2, 0.25) is 10.0 Å². The average Bonchev–Trinajstić information content (AvgIpc) is 2.89. The molecule has 1 N–H and O–H groups in total. The number of anilines is 2. The van der Waals surface area contributed by atoms with Crippen LogP contribution < -0.4 is 10.2 Å². The standard InChI is InChI=1S/C26H30N4O3S/c31-26(28-23-11-7-10-22-21(23)9-8-14-27-22)20-12-13-24(29-15-3-1-4-16-29)25(19-20)34(32,33)30-17-5-2-6-18-30/h7-14,19H,1-6,15-18H2,(H,28,31). The summed E-state index contributed by atoms with van der Waals surface area (Å²) in [5.74, 6) is -0.336. The second-order valence-corrected chi connectivity index (χ2v) is 10.9. The molecule has 2 aliphatic rings. The molecular weight excluding hydrogens is 448 g/mol. The molecule has 8 heteroatoms. The van der Waals surface area contributed by atoms with Crippen LogP contribution in [0, 0.1) is 0 Å². The van der Waals surface area contributed by atoms with Crippen molar-refractivity contribution in [3.05, 3.63) is 60.3 Å². The molecule has 2 aliphatic heterocycles. The van der Waals surface area contributed by atoms with Crippen LogP contribution >= 0.6 is 0 Å². The van der Waals surface area contributed by atoms with Crippen LogP contribution in [-0.4, -0.2) is 49.8 Å². The van der Waals surface area contributed by atoms with Gasteiger partial charge in [-0.05, 0) is 74.6 Å². The average molecular weight is 479 g/mol. The first-order valence-corrected chi connectivity index (χ1v) is 13.5. The van der Waals surface area contributed by atoms with Crippen LogP contribution in [0.3, 0.4) is 0 Å². The predicted octanol–water partition coefficient (Wildman–Crippen LogP) is 4.65. The van der Waals surface area contributed by atoms with Crippen molar-refractivity contribution in [2.75, 3.05) is 36.4 Å². The number of fused-ring (bicyclic) bond motifs is 1. The Morgan fingerprint density at radius 1 is 0.853 bits per heavy atom. The number of carbonyl (C=O) groups is 1. The number of nitrogens with zero attached hydrogens (tertiary/aromatic N) is 3. The van der Waals surface area contributed by atoms with E-state index in [9.17, 15) is 13.2 Å². The fourth-order valence-corrected chi connectivity index (χ4v) is 6.66. The van der Waals surface area contributed by atoms with Crippen LogP contribution in [0.4, 0.5) is 11.4 Å². The molecular formula is C26H30N4O3S. The van der Waals surface area contributed by atoms with E-state index in [2.05, 4.69) is 15.2 Å². The normalized spacial score (nSPS) is 17.6. The molecule has 0 atom stereocenters. The Hall–Kier alpha value is -2.97. The lowest BCUT2D eigenvalue weighted by molar-refractivity contribution is 0.102. The Balaban J connectivity index is 1.51. The lowest BCUT2D eigenvalue weighted by atomic mass is 10.1. The first-order chi connectivity index (χ1) is 16.5. The summed E-state index contributed by atoms with van der Waals surface area (Å²) < 4.78 is 29.0. The molecule has 0 radical (unpaired) electrons. The number of aromatic nitrogens is 1. The lowest BCUT2D eigenvalue weighted by Crippen LogP contribution is -2.37. The molecule has 0 aliphatic carbocycles. The Morgan fingerprint density at radius 2 is 1.59 bits per heavy atom. The highest BCUT2D eigenvalue weighted by Gasteiger charge is 2.31. The molecule has 178 valence electrons. The minimum Gasteiger partial charge on any atom is -0.370 e. The quantitative estimate of drug-likeness (QED) is 0.577. The van der Waals surface area contributed by atoms with Crippen molar-refractivity contribution in [3.63, 3.8) is 0 Å². The summed E-state index contributed by atoms with van der Waals surface area (Å²) in [4.78, 5) is 20.0. The van der Waals surface area contributed by atoms with Gasteiger partial charge in [-0.1, -0.05) is 12.5 Å². The minimum absolute atomic E-state index is 0.239. The van der Waals surface area contributed by atoms with Gasteiger partial charge in [0.15, 0.2) is 0 Å². The maximum absolute atomic E-state index is 13.7. The van der Waals surface area contributed by atoms with Crippen molar-refractivity contribution in [1.82, 2.24) is 9.29 Å². The number of sulfonamides is 1. The van der Waals surface area contributed by atoms with Gasteiger partial charge in [-0.3, -0.25) is 9.78 Å². The largest absolute Gasteiger partial charge is 0.370 e. The highest BCUT2D eigenvalue weighted by molar-refractivity contribution is 7.89. The van der Waals surface area contributed by atoms with Gasteiger partial charge in [-0.2, -0.15) is 4.31 Å². The maximum atomic E-state index is 13.7. The SMILES string of the molecule is O=C(Nc1cccc2ncccc12)c1ccc(N2CCCCC2)c(S(=O)(=O)N2CCCCC2)c1. The highest BCUT2D eigenvalue weighted by atomic mass is 32.2. The summed E-state index contributed by atoms with van der Waals surface area (Å²) in [5, 5.41) is 3.79. The van der Waals surface area contributed by atoms with Crippen molar-refractivity contribution in [2.45, 2.75) is 43.4 Å². The van der Waals surface area contributed by atoms with Gasteiger partial charge in [0.25, 0.3) is 5.91 Å². The summed E-state index contributed by atoms with van der Waals surface area (Å²) in [6, 6.07) is 14.4. The lowest BCUT2D eigenvalue weighted by Gasteiger charge is -2.33. The van der Waals surface area contributed by atoms with Crippen molar-refractivity contribution >= 4 is 38.2 Å². The van der Waals surface area contributed by atoms with Gasteiger partial charge in [0.1, 0.15) is 4.90 Å². The van der Waals surface area contributed by atoms with E-state index in [1.54, 1.807) is 22.6 Å². The maximum Gasteiger partial charge on any atom is 0.255 e. The number of benzene rings is 2. The van der Waals surface area contributed by atoms with Crippen molar-refractivity contribution in [2.24, 2.45) is 0 Å². The van der Waals surface area contributed by atoms with Crippen molar-refractivity contribution in [1.29, 1.82) is 0 Å². The van der Waals surface area contributed by atoms with Crippen LogP contribution in [0.25, 0.3) is 10.9 Å². The second kappa shape index (κ2) is 9.72. The fraction of sp³-hybridized carbons (Fsp3) is 0.385. The minimum atomic E-state index is -3.70. The molecule has 2 fully saturated rings. The van der Waals surface area contributed by atoms with E-state index in [1.807, 2.05) is 36.4 Å². The molecule has 0 saturated carbocycles. The van der Waals surface area contributed by atoms with Crippen molar-refractivity contribution in [3.8, 4) is 0 Å². The first kappa shape index (κ1) is 22.8. The number of pyridine rings is 1. The Kier molecular flexibility index (Phi) is 6.52. The molecule has 1 aromatic heterocycles.